The summed E-state index contributed by atoms with van der Waals surface area (Å²) in [6.45, 7) is 2.12. The van der Waals surface area contributed by atoms with E-state index < -0.39 is 0 Å². The number of aryl methyl sites for hydroxylation is 1. The molecule has 2 heteroatoms. The molecule has 0 spiro atoms. The molecule has 0 amide bonds. The van der Waals surface area contributed by atoms with Crippen LogP contribution in [0.25, 0.3) is 33.3 Å². The molecule has 0 radical (unpaired) electrons. The van der Waals surface area contributed by atoms with Gasteiger partial charge in [-0.1, -0.05) is 76.1 Å². The van der Waals surface area contributed by atoms with Gasteiger partial charge in [0.25, 0.3) is 0 Å². The zero-order chi connectivity index (χ0) is 15.8. The van der Waals surface area contributed by atoms with Crippen molar-refractivity contribution in [3.05, 3.63) is 82.8 Å². The van der Waals surface area contributed by atoms with Crippen molar-refractivity contribution in [2.45, 2.75) is 6.92 Å². The van der Waals surface area contributed by atoms with Crippen LogP contribution in [0.1, 0.15) is 5.56 Å². The number of nitrogens with one attached hydrogen (secondary N) is 1. The Bertz CT molecular complexity index is 963. The van der Waals surface area contributed by atoms with Crippen LogP contribution in [0.3, 0.4) is 0 Å². The number of halogens is 1. The van der Waals surface area contributed by atoms with Gasteiger partial charge in [-0.15, -0.1) is 0 Å². The lowest BCUT2D eigenvalue weighted by Crippen LogP contribution is -1.83. The normalized spacial score (nSPS) is 11.0. The van der Waals surface area contributed by atoms with E-state index >= 15 is 0 Å². The first kappa shape index (κ1) is 14.3. The lowest BCUT2D eigenvalue weighted by Gasteiger charge is -2.06. The number of aromatic amines is 1. The summed E-state index contributed by atoms with van der Waals surface area (Å²) in [4.78, 5) is 3.60. The van der Waals surface area contributed by atoms with Gasteiger partial charge in [-0.25, -0.2) is 0 Å². The number of hydrogen-bond donors (Lipinski definition) is 1. The molecule has 1 heterocycles. The van der Waals surface area contributed by atoms with Crippen molar-refractivity contribution < 1.29 is 0 Å². The largest absolute Gasteiger partial charge is 0.354 e. The van der Waals surface area contributed by atoms with Crippen LogP contribution in [-0.2, 0) is 0 Å². The van der Waals surface area contributed by atoms with Crippen LogP contribution >= 0.6 is 15.9 Å². The summed E-state index contributed by atoms with van der Waals surface area (Å²) in [6.07, 6.45) is 0. The molecule has 0 aliphatic heterocycles. The number of rotatable bonds is 2. The van der Waals surface area contributed by atoms with Crippen LogP contribution in [0.4, 0.5) is 0 Å². The van der Waals surface area contributed by atoms with Gasteiger partial charge in [0.1, 0.15) is 0 Å². The lowest BCUT2D eigenvalue weighted by atomic mass is 9.98. The van der Waals surface area contributed by atoms with Crippen LogP contribution in [0.5, 0.6) is 0 Å². The average Bonchev–Trinajstić information content (AvgIpc) is 2.96. The minimum absolute atomic E-state index is 1.10. The van der Waals surface area contributed by atoms with Crippen molar-refractivity contribution >= 4 is 26.8 Å². The molecular formula is C21H16BrN. The standard InChI is InChI=1S/C21H16BrN/c1-14-6-8-16(9-7-14)21-20(15-10-12-17(22)13-11-15)18-4-2-3-5-19(18)23-21/h2-13,23H,1H3. The van der Waals surface area contributed by atoms with Gasteiger partial charge in [-0.05, 0) is 36.2 Å². The van der Waals surface area contributed by atoms with Gasteiger partial charge in [0, 0.05) is 20.9 Å². The molecule has 0 aliphatic rings. The Morgan fingerprint density at radius 1 is 0.739 bits per heavy atom. The summed E-state index contributed by atoms with van der Waals surface area (Å²) in [5.74, 6) is 0. The van der Waals surface area contributed by atoms with Gasteiger partial charge < -0.3 is 4.98 Å². The Morgan fingerprint density at radius 2 is 1.39 bits per heavy atom. The second-order valence-electron chi connectivity index (χ2n) is 5.79. The van der Waals surface area contributed by atoms with E-state index in [1.165, 1.54) is 38.9 Å². The average molecular weight is 362 g/mol. The molecule has 4 rings (SSSR count). The molecular weight excluding hydrogens is 346 g/mol. The topological polar surface area (TPSA) is 15.8 Å². The molecule has 0 saturated heterocycles. The SMILES string of the molecule is Cc1ccc(-c2[nH]c3ccccc3c2-c2ccc(Br)cc2)cc1. The summed E-state index contributed by atoms with van der Waals surface area (Å²) in [5, 5.41) is 1.25. The molecule has 0 unspecified atom stereocenters. The third kappa shape index (κ3) is 2.60. The highest BCUT2D eigenvalue weighted by Crippen LogP contribution is 2.38. The van der Waals surface area contributed by atoms with Crippen molar-refractivity contribution in [2.24, 2.45) is 0 Å². The lowest BCUT2D eigenvalue weighted by molar-refractivity contribution is 1.42. The Kier molecular flexibility index (Phi) is 3.55. The van der Waals surface area contributed by atoms with Gasteiger partial charge in [0.15, 0.2) is 0 Å². The fourth-order valence-electron chi connectivity index (χ4n) is 3.00. The second-order valence-corrected chi connectivity index (χ2v) is 6.71. The molecule has 0 bridgehead atoms. The van der Waals surface area contributed by atoms with Crippen LogP contribution in [0.15, 0.2) is 77.3 Å². The minimum Gasteiger partial charge on any atom is -0.354 e. The van der Waals surface area contributed by atoms with Crippen LogP contribution < -0.4 is 0 Å². The molecule has 0 atom stereocenters. The first-order valence-electron chi connectivity index (χ1n) is 7.66. The molecule has 0 saturated carbocycles. The molecule has 0 aliphatic carbocycles. The van der Waals surface area contributed by atoms with E-state index in [0.717, 1.165) is 4.47 Å². The number of H-pyrrole nitrogens is 1. The fourth-order valence-corrected chi connectivity index (χ4v) is 3.26. The number of benzene rings is 3. The third-order valence-corrected chi connectivity index (χ3v) is 4.71. The fraction of sp³-hybridized carbons (Fsp3) is 0.0476. The third-order valence-electron chi connectivity index (χ3n) is 4.18. The Labute approximate surface area is 144 Å². The molecule has 0 fully saturated rings. The highest BCUT2D eigenvalue weighted by atomic mass is 79.9. The first-order valence-corrected chi connectivity index (χ1v) is 8.45. The van der Waals surface area contributed by atoms with Crippen molar-refractivity contribution in [3.63, 3.8) is 0 Å². The quantitative estimate of drug-likeness (QED) is 0.415. The predicted octanol–water partition coefficient (Wildman–Crippen LogP) is 6.57. The van der Waals surface area contributed by atoms with Gasteiger partial charge in [0.05, 0.1) is 5.69 Å². The van der Waals surface area contributed by atoms with E-state index in [1.807, 2.05) is 0 Å². The molecule has 1 aromatic heterocycles. The van der Waals surface area contributed by atoms with Crippen LogP contribution in [0, 0.1) is 6.92 Å². The highest BCUT2D eigenvalue weighted by Gasteiger charge is 2.14. The summed E-state index contributed by atoms with van der Waals surface area (Å²) in [5.41, 5.74) is 7.31. The maximum absolute atomic E-state index is 3.60. The summed E-state index contributed by atoms with van der Waals surface area (Å²) < 4.78 is 1.10. The van der Waals surface area contributed by atoms with Crippen LogP contribution in [0.2, 0.25) is 0 Å². The van der Waals surface area contributed by atoms with Gasteiger partial charge in [-0.3, -0.25) is 0 Å². The zero-order valence-corrected chi connectivity index (χ0v) is 14.4. The Hall–Kier alpha value is -2.32. The van der Waals surface area contributed by atoms with E-state index in [0.29, 0.717) is 0 Å². The molecule has 112 valence electrons. The van der Waals surface area contributed by atoms with E-state index in [2.05, 4.69) is 101 Å². The van der Waals surface area contributed by atoms with E-state index in [4.69, 9.17) is 0 Å². The molecule has 1 N–H and O–H groups in total. The van der Waals surface area contributed by atoms with E-state index in [-0.39, 0.29) is 0 Å². The Morgan fingerprint density at radius 3 is 2.13 bits per heavy atom. The maximum atomic E-state index is 3.60. The van der Waals surface area contributed by atoms with Crippen molar-refractivity contribution in [2.75, 3.05) is 0 Å². The molecule has 23 heavy (non-hydrogen) atoms. The number of aromatic nitrogens is 1. The summed E-state index contributed by atoms with van der Waals surface area (Å²) in [7, 11) is 0. The molecule has 3 aromatic carbocycles. The Balaban J connectivity index is 2.01. The van der Waals surface area contributed by atoms with E-state index in [1.54, 1.807) is 0 Å². The van der Waals surface area contributed by atoms with Crippen LogP contribution in [-0.4, -0.2) is 4.98 Å². The maximum Gasteiger partial charge on any atom is 0.0544 e. The van der Waals surface area contributed by atoms with Gasteiger partial charge in [-0.2, -0.15) is 0 Å². The predicted molar refractivity (Wildman–Crippen MR) is 102 cm³/mol. The number of hydrogen-bond acceptors (Lipinski definition) is 0. The molecule has 4 aromatic rings. The smallest absolute Gasteiger partial charge is 0.0544 e. The van der Waals surface area contributed by atoms with E-state index in [9.17, 15) is 0 Å². The van der Waals surface area contributed by atoms with Crippen molar-refractivity contribution in [3.8, 4) is 22.4 Å². The molecule has 1 nitrogen and oxygen atoms in total. The zero-order valence-electron chi connectivity index (χ0n) is 12.8. The van der Waals surface area contributed by atoms with Gasteiger partial charge in [0.2, 0.25) is 0 Å². The van der Waals surface area contributed by atoms with Gasteiger partial charge >= 0.3 is 0 Å². The monoisotopic (exact) mass is 361 g/mol. The number of fused-ring (bicyclic) bond motifs is 1. The highest BCUT2D eigenvalue weighted by molar-refractivity contribution is 9.10. The first-order chi connectivity index (χ1) is 11.2. The second kappa shape index (κ2) is 5.71. The number of para-hydroxylation sites is 1. The minimum atomic E-state index is 1.10. The van der Waals surface area contributed by atoms with Crippen molar-refractivity contribution in [1.29, 1.82) is 0 Å². The summed E-state index contributed by atoms with van der Waals surface area (Å²) >= 11 is 3.52. The summed E-state index contributed by atoms with van der Waals surface area (Å²) in [6, 6.07) is 25.7. The van der Waals surface area contributed by atoms with Crippen molar-refractivity contribution in [1.82, 2.24) is 4.98 Å².